The molecule has 0 spiro atoms. The van der Waals surface area contributed by atoms with Crippen LogP contribution in [0.25, 0.3) is 0 Å². The third-order valence-corrected chi connectivity index (χ3v) is 11.4. The van der Waals surface area contributed by atoms with Gasteiger partial charge in [-0.05, 0) is 12.8 Å². The Labute approximate surface area is 340 Å². The average Bonchev–Trinajstić information content (AvgIpc) is 3.13. The third-order valence-electron chi connectivity index (χ3n) is 10.4. The van der Waals surface area contributed by atoms with E-state index in [0.29, 0.717) is 17.4 Å². The molecule has 0 aliphatic rings. The number of likely N-dealkylation sites (N-methyl/N-ethyl adjacent to an activating group) is 1. The highest BCUT2D eigenvalue weighted by Gasteiger charge is 2.27. The molecular weight excluding hydrogens is 713 g/mol. The summed E-state index contributed by atoms with van der Waals surface area (Å²) in [5.74, 6) is -0.789. The van der Waals surface area contributed by atoms with Gasteiger partial charge in [-0.25, -0.2) is 4.57 Å². The Morgan fingerprint density at radius 3 is 1.16 bits per heavy atom. The number of phosphoric acid groups is 1. The smallest absolute Gasteiger partial charge is 0.462 e. The molecule has 328 valence electrons. The number of phosphoric ester groups is 1. The van der Waals surface area contributed by atoms with Crippen molar-refractivity contribution in [3.05, 3.63) is 0 Å². The SMILES string of the molecule is CCCCCCCCCCCCCCCCCCCCCCCCCC(=O)OC(COC(=O)CCCCCCCCCC)COP(=O)(O)OCC[N+](C)(C)C. The van der Waals surface area contributed by atoms with Gasteiger partial charge in [0, 0.05) is 12.8 Å². The van der Waals surface area contributed by atoms with Crippen molar-refractivity contribution in [2.45, 2.75) is 232 Å². The summed E-state index contributed by atoms with van der Waals surface area (Å²) in [6.07, 6.45) is 38.9. The van der Waals surface area contributed by atoms with Crippen molar-refractivity contribution in [3.8, 4) is 0 Å². The second kappa shape index (κ2) is 38.5. The van der Waals surface area contributed by atoms with Crippen LogP contribution in [0, 0.1) is 0 Å². The fourth-order valence-corrected chi connectivity index (χ4v) is 7.46. The Kier molecular flexibility index (Phi) is 37.8. The second-order valence-corrected chi connectivity index (χ2v) is 18.6. The van der Waals surface area contributed by atoms with E-state index in [1.807, 2.05) is 21.1 Å². The molecule has 55 heavy (non-hydrogen) atoms. The summed E-state index contributed by atoms with van der Waals surface area (Å²) < 4.78 is 34.2. The predicted octanol–water partition coefficient (Wildman–Crippen LogP) is 13.2. The molecule has 10 heteroatoms. The van der Waals surface area contributed by atoms with E-state index in [9.17, 15) is 19.0 Å². The van der Waals surface area contributed by atoms with Crippen molar-refractivity contribution in [2.75, 3.05) is 47.5 Å². The zero-order valence-corrected chi connectivity index (χ0v) is 37.8. The van der Waals surface area contributed by atoms with Crippen molar-refractivity contribution >= 4 is 19.8 Å². The number of carbonyl (C=O) groups is 2. The van der Waals surface area contributed by atoms with Gasteiger partial charge in [-0.1, -0.05) is 200 Å². The lowest BCUT2D eigenvalue weighted by Gasteiger charge is -2.24. The van der Waals surface area contributed by atoms with Gasteiger partial charge in [-0.2, -0.15) is 0 Å². The molecule has 0 aromatic rings. The van der Waals surface area contributed by atoms with Crippen LogP contribution in [-0.4, -0.2) is 74.9 Å². The van der Waals surface area contributed by atoms with Gasteiger partial charge in [0.1, 0.15) is 19.8 Å². The van der Waals surface area contributed by atoms with Crippen LogP contribution in [0.1, 0.15) is 226 Å². The van der Waals surface area contributed by atoms with E-state index in [2.05, 4.69) is 13.8 Å². The summed E-state index contributed by atoms with van der Waals surface area (Å²) in [5.41, 5.74) is 0. The van der Waals surface area contributed by atoms with E-state index in [-0.39, 0.29) is 25.6 Å². The van der Waals surface area contributed by atoms with Gasteiger partial charge in [0.05, 0.1) is 27.7 Å². The van der Waals surface area contributed by atoms with Crippen LogP contribution < -0.4 is 0 Å². The average molecular weight is 805 g/mol. The molecule has 0 heterocycles. The number of unbranched alkanes of at least 4 members (excludes halogenated alkanes) is 29. The number of hydrogen-bond acceptors (Lipinski definition) is 7. The molecular formula is C45H91NO8P+. The van der Waals surface area contributed by atoms with E-state index in [4.69, 9.17) is 18.5 Å². The fourth-order valence-electron chi connectivity index (χ4n) is 6.72. The molecule has 0 aliphatic carbocycles. The lowest BCUT2D eigenvalue weighted by atomic mass is 10.0. The van der Waals surface area contributed by atoms with Crippen LogP contribution >= 0.6 is 7.82 Å². The molecule has 0 aromatic heterocycles. The van der Waals surface area contributed by atoms with Crippen LogP contribution in [0.15, 0.2) is 0 Å². The van der Waals surface area contributed by atoms with E-state index >= 15 is 0 Å². The molecule has 0 aromatic carbocycles. The zero-order valence-electron chi connectivity index (χ0n) is 36.9. The van der Waals surface area contributed by atoms with E-state index in [1.54, 1.807) is 0 Å². The van der Waals surface area contributed by atoms with Gasteiger partial charge in [0.15, 0.2) is 6.10 Å². The Balaban J connectivity index is 4.10. The molecule has 2 atom stereocenters. The maximum atomic E-state index is 12.7. The van der Waals surface area contributed by atoms with Crippen LogP contribution in [0.3, 0.4) is 0 Å². The van der Waals surface area contributed by atoms with Gasteiger partial charge < -0.3 is 18.9 Å². The lowest BCUT2D eigenvalue weighted by molar-refractivity contribution is -0.870. The first-order valence-corrected chi connectivity index (χ1v) is 24.8. The summed E-state index contributed by atoms with van der Waals surface area (Å²) in [6, 6.07) is 0. The number of carbonyl (C=O) groups excluding carboxylic acids is 2. The van der Waals surface area contributed by atoms with Gasteiger partial charge in [-0.3, -0.25) is 18.6 Å². The quantitative estimate of drug-likeness (QED) is 0.0281. The Morgan fingerprint density at radius 2 is 0.818 bits per heavy atom. The zero-order chi connectivity index (χ0) is 40.7. The van der Waals surface area contributed by atoms with E-state index in [0.717, 1.165) is 38.5 Å². The molecule has 0 aliphatic heterocycles. The highest BCUT2D eigenvalue weighted by Crippen LogP contribution is 2.43. The minimum atomic E-state index is -4.36. The number of quaternary nitrogens is 1. The highest BCUT2D eigenvalue weighted by molar-refractivity contribution is 7.47. The Morgan fingerprint density at radius 1 is 0.491 bits per heavy atom. The van der Waals surface area contributed by atoms with Crippen LogP contribution in [0.2, 0.25) is 0 Å². The van der Waals surface area contributed by atoms with Gasteiger partial charge in [0.25, 0.3) is 0 Å². The Bertz CT molecular complexity index is 912. The predicted molar refractivity (Wildman–Crippen MR) is 229 cm³/mol. The molecule has 1 N–H and O–H groups in total. The summed E-state index contributed by atoms with van der Waals surface area (Å²) >= 11 is 0. The van der Waals surface area contributed by atoms with Gasteiger partial charge >= 0.3 is 19.8 Å². The van der Waals surface area contributed by atoms with Crippen molar-refractivity contribution in [3.63, 3.8) is 0 Å². The molecule has 0 bridgehead atoms. The summed E-state index contributed by atoms with van der Waals surface area (Å²) in [7, 11) is 1.49. The fraction of sp³-hybridized carbons (Fsp3) is 0.956. The first-order valence-electron chi connectivity index (χ1n) is 23.3. The first kappa shape index (κ1) is 54.0. The summed E-state index contributed by atoms with van der Waals surface area (Å²) in [5, 5.41) is 0. The van der Waals surface area contributed by atoms with Gasteiger partial charge in [0.2, 0.25) is 0 Å². The largest absolute Gasteiger partial charge is 0.472 e. The topological polar surface area (TPSA) is 108 Å². The molecule has 9 nitrogen and oxygen atoms in total. The van der Waals surface area contributed by atoms with Crippen LogP contribution in [0.4, 0.5) is 0 Å². The summed E-state index contributed by atoms with van der Waals surface area (Å²) in [6.45, 7) is 4.43. The van der Waals surface area contributed by atoms with Crippen molar-refractivity contribution in [2.24, 2.45) is 0 Å². The molecule has 0 fully saturated rings. The number of nitrogens with zero attached hydrogens (tertiary/aromatic N) is 1. The molecule has 2 unspecified atom stereocenters. The normalized spacial score (nSPS) is 13.5. The third kappa shape index (κ3) is 42.4. The Hall–Kier alpha value is -0.990. The molecule has 0 saturated carbocycles. The second-order valence-electron chi connectivity index (χ2n) is 17.2. The van der Waals surface area contributed by atoms with E-state index in [1.165, 1.54) is 161 Å². The van der Waals surface area contributed by atoms with Crippen LogP contribution in [0.5, 0.6) is 0 Å². The van der Waals surface area contributed by atoms with Gasteiger partial charge in [-0.15, -0.1) is 0 Å². The number of hydrogen-bond donors (Lipinski definition) is 1. The maximum absolute atomic E-state index is 12.7. The van der Waals surface area contributed by atoms with Crippen molar-refractivity contribution in [1.29, 1.82) is 0 Å². The van der Waals surface area contributed by atoms with Crippen molar-refractivity contribution < 1.29 is 42.1 Å². The maximum Gasteiger partial charge on any atom is 0.472 e. The standard InChI is InChI=1S/C45H90NO8P/c1-6-8-10-12-14-16-17-18-19-20-21-22-23-24-25-26-27-28-29-30-32-34-36-38-45(48)54-43(42-53-55(49,50)52-40-39-46(3,4)5)41-51-44(47)37-35-33-31-15-13-11-9-7-2/h43H,6-42H2,1-5H3/p+1. The number of ether oxygens (including phenoxy) is 2. The minimum Gasteiger partial charge on any atom is -0.462 e. The molecule has 0 saturated heterocycles. The molecule has 0 amide bonds. The van der Waals surface area contributed by atoms with E-state index < -0.39 is 26.5 Å². The van der Waals surface area contributed by atoms with Crippen molar-refractivity contribution in [1.82, 2.24) is 0 Å². The minimum absolute atomic E-state index is 0.0366. The number of esters is 2. The molecule has 0 rings (SSSR count). The molecule has 0 radical (unpaired) electrons. The summed E-state index contributed by atoms with van der Waals surface area (Å²) in [4.78, 5) is 35.2. The van der Waals surface area contributed by atoms with Crippen LogP contribution in [-0.2, 0) is 32.7 Å². The monoisotopic (exact) mass is 805 g/mol. The lowest BCUT2D eigenvalue weighted by Crippen LogP contribution is -2.37. The highest BCUT2D eigenvalue weighted by atomic mass is 31.2. The first-order chi connectivity index (χ1) is 26.5. The number of rotatable bonds is 43.